The highest BCUT2D eigenvalue weighted by molar-refractivity contribution is 7.99. The van der Waals surface area contributed by atoms with Crippen LogP contribution in [0.1, 0.15) is 29.9 Å². The Hall–Kier alpha value is -0.990. The summed E-state index contributed by atoms with van der Waals surface area (Å²) in [4.78, 5) is 12.0. The van der Waals surface area contributed by atoms with Gasteiger partial charge in [-0.15, -0.1) is 23.1 Å². The zero-order valence-electron chi connectivity index (χ0n) is 9.19. The highest BCUT2D eigenvalue weighted by atomic mass is 32.2. The summed E-state index contributed by atoms with van der Waals surface area (Å²) in [6.07, 6.45) is 0.798. The van der Waals surface area contributed by atoms with Crippen LogP contribution in [0.2, 0.25) is 0 Å². The average Bonchev–Trinajstić information content (AvgIpc) is 2.66. The SMILES string of the molecule is CC(C)(C#N)CCSc1csc(C(=O)O)c1. The Morgan fingerprint density at radius 2 is 2.38 bits per heavy atom. The zero-order valence-corrected chi connectivity index (χ0v) is 10.8. The summed E-state index contributed by atoms with van der Waals surface area (Å²) < 4.78 is 0. The Morgan fingerprint density at radius 3 is 2.88 bits per heavy atom. The summed E-state index contributed by atoms with van der Waals surface area (Å²) in [6.45, 7) is 3.81. The van der Waals surface area contributed by atoms with Gasteiger partial charge in [-0.3, -0.25) is 0 Å². The summed E-state index contributed by atoms with van der Waals surface area (Å²) in [5.41, 5.74) is -0.307. The number of carboxylic acid groups (broad SMARTS) is 1. The molecule has 0 aliphatic carbocycles. The molecule has 1 heterocycles. The fourth-order valence-corrected chi connectivity index (χ4v) is 3.13. The molecule has 0 unspecified atom stereocenters. The third-order valence-electron chi connectivity index (χ3n) is 2.08. The standard InChI is InChI=1S/C11H13NO2S2/c1-11(2,7-12)3-4-15-8-5-9(10(13)14)16-6-8/h5-6H,3-4H2,1-2H3,(H,13,14). The Balaban J connectivity index is 2.44. The van der Waals surface area contributed by atoms with Crippen molar-refractivity contribution in [3.63, 3.8) is 0 Å². The van der Waals surface area contributed by atoms with E-state index in [0.29, 0.717) is 4.88 Å². The van der Waals surface area contributed by atoms with Gasteiger partial charge < -0.3 is 5.11 Å². The van der Waals surface area contributed by atoms with E-state index in [2.05, 4.69) is 6.07 Å². The molecule has 0 radical (unpaired) electrons. The lowest BCUT2D eigenvalue weighted by atomic mass is 9.93. The van der Waals surface area contributed by atoms with E-state index in [1.807, 2.05) is 19.2 Å². The number of thioether (sulfide) groups is 1. The normalized spacial score (nSPS) is 11.1. The maximum Gasteiger partial charge on any atom is 0.345 e. The lowest BCUT2D eigenvalue weighted by Crippen LogP contribution is -2.08. The number of aromatic carboxylic acids is 1. The molecule has 1 N–H and O–H groups in total. The predicted molar refractivity (Wildman–Crippen MR) is 66.0 cm³/mol. The molecule has 0 saturated heterocycles. The van der Waals surface area contributed by atoms with Crippen molar-refractivity contribution in [2.24, 2.45) is 5.41 Å². The second kappa shape index (κ2) is 5.37. The van der Waals surface area contributed by atoms with E-state index in [1.54, 1.807) is 17.8 Å². The van der Waals surface area contributed by atoms with Crippen LogP contribution in [0.3, 0.4) is 0 Å². The first kappa shape index (κ1) is 13.1. The highest BCUT2D eigenvalue weighted by Gasteiger charge is 2.16. The Labute approximate surface area is 103 Å². The van der Waals surface area contributed by atoms with E-state index in [4.69, 9.17) is 10.4 Å². The van der Waals surface area contributed by atoms with Crippen LogP contribution in [0.25, 0.3) is 0 Å². The Bertz CT molecular complexity index is 418. The van der Waals surface area contributed by atoms with Gasteiger partial charge in [0.2, 0.25) is 0 Å². The Kier molecular flexibility index (Phi) is 4.39. The van der Waals surface area contributed by atoms with Gasteiger partial charge in [0.25, 0.3) is 0 Å². The number of hydrogen-bond acceptors (Lipinski definition) is 4. The molecule has 0 bridgehead atoms. The molecular weight excluding hydrogens is 242 g/mol. The van der Waals surface area contributed by atoms with Gasteiger partial charge in [-0.25, -0.2) is 4.79 Å². The Morgan fingerprint density at radius 1 is 1.69 bits per heavy atom. The van der Waals surface area contributed by atoms with Gasteiger partial charge in [0, 0.05) is 10.3 Å². The molecular formula is C11H13NO2S2. The van der Waals surface area contributed by atoms with Crippen LogP contribution in [-0.2, 0) is 0 Å². The number of carboxylic acids is 1. The van der Waals surface area contributed by atoms with Crippen LogP contribution in [0.4, 0.5) is 0 Å². The van der Waals surface area contributed by atoms with Crippen molar-refractivity contribution >= 4 is 29.1 Å². The molecule has 1 rings (SSSR count). The monoisotopic (exact) mass is 255 g/mol. The zero-order chi connectivity index (χ0) is 12.2. The molecule has 0 saturated carbocycles. The van der Waals surface area contributed by atoms with Gasteiger partial charge in [0.1, 0.15) is 4.88 Å². The first-order valence-electron chi connectivity index (χ1n) is 4.80. The highest BCUT2D eigenvalue weighted by Crippen LogP contribution is 2.28. The molecule has 0 aromatic carbocycles. The van der Waals surface area contributed by atoms with Crippen molar-refractivity contribution in [2.45, 2.75) is 25.2 Å². The molecule has 0 atom stereocenters. The minimum Gasteiger partial charge on any atom is -0.477 e. The smallest absolute Gasteiger partial charge is 0.345 e. The van der Waals surface area contributed by atoms with E-state index in [9.17, 15) is 4.79 Å². The fourth-order valence-electron chi connectivity index (χ4n) is 0.987. The number of rotatable bonds is 5. The molecule has 16 heavy (non-hydrogen) atoms. The molecule has 0 amide bonds. The minimum atomic E-state index is -0.880. The number of nitriles is 1. The summed E-state index contributed by atoms with van der Waals surface area (Å²) in [5, 5.41) is 19.4. The van der Waals surface area contributed by atoms with Crippen molar-refractivity contribution < 1.29 is 9.90 Å². The average molecular weight is 255 g/mol. The maximum absolute atomic E-state index is 10.7. The van der Waals surface area contributed by atoms with Crippen LogP contribution in [0.15, 0.2) is 16.3 Å². The molecule has 0 aliphatic heterocycles. The van der Waals surface area contributed by atoms with E-state index in [0.717, 1.165) is 17.1 Å². The fraction of sp³-hybridized carbons (Fsp3) is 0.455. The van der Waals surface area contributed by atoms with E-state index in [1.165, 1.54) is 11.3 Å². The molecule has 1 aromatic heterocycles. The third kappa shape index (κ3) is 3.87. The van der Waals surface area contributed by atoms with E-state index >= 15 is 0 Å². The number of thiophene rings is 1. The van der Waals surface area contributed by atoms with Gasteiger partial charge >= 0.3 is 5.97 Å². The van der Waals surface area contributed by atoms with Crippen LogP contribution in [0, 0.1) is 16.7 Å². The van der Waals surface area contributed by atoms with Gasteiger partial charge in [0.15, 0.2) is 0 Å². The third-order valence-corrected chi connectivity index (χ3v) is 4.13. The molecule has 1 aromatic rings. The topological polar surface area (TPSA) is 61.1 Å². The second-order valence-electron chi connectivity index (χ2n) is 4.05. The van der Waals surface area contributed by atoms with E-state index in [-0.39, 0.29) is 5.41 Å². The van der Waals surface area contributed by atoms with Crippen molar-refractivity contribution in [1.29, 1.82) is 5.26 Å². The first-order chi connectivity index (χ1) is 7.44. The largest absolute Gasteiger partial charge is 0.477 e. The lowest BCUT2D eigenvalue weighted by molar-refractivity contribution is 0.0702. The van der Waals surface area contributed by atoms with E-state index < -0.39 is 5.97 Å². The summed E-state index contributed by atoms with van der Waals surface area (Å²) >= 11 is 2.83. The minimum absolute atomic E-state index is 0.307. The van der Waals surface area contributed by atoms with Gasteiger partial charge in [0.05, 0.1) is 11.5 Å². The van der Waals surface area contributed by atoms with Crippen molar-refractivity contribution in [1.82, 2.24) is 0 Å². The number of carbonyl (C=O) groups is 1. The van der Waals surface area contributed by atoms with Crippen molar-refractivity contribution in [2.75, 3.05) is 5.75 Å². The molecule has 5 heteroatoms. The quantitative estimate of drug-likeness (QED) is 0.818. The first-order valence-corrected chi connectivity index (χ1v) is 6.67. The molecule has 0 spiro atoms. The van der Waals surface area contributed by atoms with Gasteiger partial charge in [-0.05, 0) is 32.1 Å². The van der Waals surface area contributed by atoms with Gasteiger partial charge in [-0.1, -0.05) is 0 Å². The van der Waals surface area contributed by atoms with Gasteiger partial charge in [-0.2, -0.15) is 5.26 Å². The summed E-state index contributed by atoms with van der Waals surface area (Å²) in [5.74, 6) is -0.0507. The van der Waals surface area contributed by atoms with Crippen LogP contribution in [-0.4, -0.2) is 16.8 Å². The number of hydrogen-bond donors (Lipinski definition) is 1. The molecule has 86 valence electrons. The molecule has 0 aliphatic rings. The van der Waals surface area contributed by atoms with Crippen molar-refractivity contribution in [3.8, 4) is 6.07 Å². The number of nitrogens with zero attached hydrogens (tertiary/aromatic N) is 1. The molecule has 0 fully saturated rings. The van der Waals surface area contributed by atoms with Crippen molar-refractivity contribution in [3.05, 3.63) is 16.3 Å². The second-order valence-corrected chi connectivity index (χ2v) is 6.13. The lowest BCUT2D eigenvalue weighted by Gasteiger charge is -2.13. The molecule has 3 nitrogen and oxygen atoms in total. The predicted octanol–water partition coefficient (Wildman–Crippen LogP) is 3.48. The van der Waals surface area contributed by atoms with Crippen LogP contribution < -0.4 is 0 Å². The van der Waals surface area contributed by atoms with Crippen LogP contribution in [0.5, 0.6) is 0 Å². The summed E-state index contributed by atoms with van der Waals surface area (Å²) in [6, 6.07) is 3.92. The summed E-state index contributed by atoms with van der Waals surface area (Å²) in [7, 11) is 0. The van der Waals surface area contributed by atoms with Crippen LogP contribution >= 0.6 is 23.1 Å². The maximum atomic E-state index is 10.7.